The van der Waals surface area contributed by atoms with Crippen LogP contribution < -0.4 is 20.5 Å². The number of carbonyl (C=O) groups is 1. The Morgan fingerprint density at radius 2 is 1.71 bits per heavy atom. The zero-order chi connectivity index (χ0) is 32.5. The number of pyridine rings is 2. The summed E-state index contributed by atoms with van der Waals surface area (Å²) < 4.78 is 66.4. The Kier molecular flexibility index (Phi) is 8.30. The summed E-state index contributed by atoms with van der Waals surface area (Å²) in [6.07, 6.45) is 0.903. The fourth-order valence-corrected chi connectivity index (χ4v) is 5.64. The number of rotatable bonds is 7. The van der Waals surface area contributed by atoms with E-state index in [2.05, 4.69) is 20.0 Å². The van der Waals surface area contributed by atoms with Crippen LogP contribution in [-0.2, 0) is 14.8 Å². The number of nitrogens with zero attached hydrogens (tertiary/aromatic N) is 2. The Bertz CT molecular complexity index is 2050. The predicted molar refractivity (Wildman–Crippen MR) is 168 cm³/mol. The van der Waals surface area contributed by atoms with Crippen LogP contribution in [0.1, 0.15) is 20.8 Å². The third-order valence-electron chi connectivity index (χ3n) is 6.47. The zero-order valence-corrected chi connectivity index (χ0v) is 25.5. The number of hydrogen-bond donors (Lipinski definition) is 3. The van der Waals surface area contributed by atoms with Gasteiger partial charge < -0.3 is 15.2 Å². The van der Waals surface area contributed by atoms with Gasteiger partial charge in [-0.05, 0) is 80.4 Å². The highest BCUT2D eigenvalue weighted by Crippen LogP contribution is 2.34. The topological polar surface area (TPSA) is 146 Å². The molecule has 0 spiro atoms. The lowest BCUT2D eigenvalue weighted by Gasteiger charge is -2.19. The van der Waals surface area contributed by atoms with Crippen molar-refractivity contribution >= 4 is 44.2 Å². The average Bonchev–Trinajstić information content (AvgIpc) is 2.95. The number of carbonyl (C=O) groups excluding carboxylic acids is 1. The molecule has 0 aliphatic rings. The van der Waals surface area contributed by atoms with Crippen LogP contribution in [0.25, 0.3) is 33.2 Å². The molecule has 0 saturated carbocycles. The first-order valence-electron chi connectivity index (χ1n) is 13.6. The van der Waals surface area contributed by atoms with Crippen molar-refractivity contribution in [2.24, 2.45) is 0 Å². The van der Waals surface area contributed by atoms with Crippen LogP contribution in [0.5, 0.6) is 5.88 Å². The van der Waals surface area contributed by atoms with E-state index < -0.39 is 38.2 Å². The molecule has 1 amide bonds. The lowest BCUT2D eigenvalue weighted by Crippen LogP contribution is -2.27. The molecule has 0 radical (unpaired) electrons. The van der Waals surface area contributed by atoms with E-state index in [0.717, 1.165) is 12.1 Å². The first-order chi connectivity index (χ1) is 21.2. The second-order valence-corrected chi connectivity index (χ2v) is 12.6. The second kappa shape index (κ2) is 12.0. The summed E-state index contributed by atoms with van der Waals surface area (Å²) in [7, 11) is -3.15. The maximum absolute atomic E-state index is 14.3. The van der Waals surface area contributed by atoms with E-state index in [1.54, 1.807) is 51.1 Å². The number of sulfonamides is 1. The monoisotopic (exact) mass is 633 g/mol. The number of aromatic nitrogens is 2. The van der Waals surface area contributed by atoms with Crippen molar-refractivity contribution in [1.29, 1.82) is 0 Å². The fourth-order valence-electron chi connectivity index (χ4n) is 4.53. The molecule has 0 saturated heterocycles. The highest BCUT2D eigenvalue weighted by Gasteiger charge is 2.22. The molecule has 0 aliphatic carbocycles. The van der Waals surface area contributed by atoms with Gasteiger partial charge in [-0.1, -0.05) is 18.2 Å². The molecule has 5 aromatic rings. The largest absolute Gasteiger partial charge is 0.480 e. The number of nitrogen functional groups attached to an aromatic ring is 1. The molecule has 232 valence electrons. The van der Waals surface area contributed by atoms with Crippen molar-refractivity contribution in [3.63, 3.8) is 0 Å². The van der Waals surface area contributed by atoms with Gasteiger partial charge in [0.1, 0.15) is 33.6 Å². The van der Waals surface area contributed by atoms with Crippen LogP contribution >= 0.6 is 0 Å². The van der Waals surface area contributed by atoms with Gasteiger partial charge >= 0.3 is 6.09 Å². The molecule has 4 N–H and O–H groups in total. The molecule has 3 aromatic carbocycles. The van der Waals surface area contributed by atoms with E-state index in [9.17, 15) is 22.0 Å². The van der Waals surface area contributed by atoms with Crippen molar-refractivity contribution in [1.82, 2.24) is 9.97 Å². The van der Waals surface area contributed by atoms with E-state index in [4.69, 9.17) is 15.2 Å². The molecule has 2 aromatic heterocycles. The van der Waals surface area contributed by atoms with Gasteiger partial charge in [0.05, 0.1) is 12.6 Å². The lowest BCUT2D eigenvalue weighted by atomic mass is 10.0. The van der Waals surface area contributed by atoms with E-state index in [0.29, 0.717) is 44.9 Å². The quantitative estimate of drug-likeness (QED) is 0.174. The second-order valence-electron chi connectivity index (χ2n) is 11.0. The van der Waals surface area contributed by atoms with E-state index in [-0.39, 0.29) is 17.4 Å². The van der Waals surface area contributed by atoms with Crippen LogP contribution in [0.2, 0.25) is 0 Å². The third kappa shape index (κ3) is 7.10. The van der Waals surface area contributed by atoms with Crippen LogP contribution in [0.4, 0.5) is 30.8 Å². The van der Waals surface area contributed by atoms with Crippen LogP contribution in [0, 0.1) is 11.6 Å². The van der Waals surface area contributed by atoms with Crippen molar-refractivity contribution in [2.45, 2.75) is 31.3 Å². The molecular formula is C32H29F2N5O5S. The van der Waals surface area contributed by atoms with Gasteiger partial charge in [-0.2, -0.15) is 0 Å². The third-order valence-corrected chi connectivity index (χ3v) is 7.87. The summed E-state index contributed by atoms with van der Waals surface area (Å²) in [5.74, 6) is -1.93. The Morgan fingerprint density at radius 3 is 2.42 bits per heavy atom. The van der Waals surface area contributed by atoms with Gasteiger partial charge in [-0.25, -0.2) is 32.0 Å². The standard InChI is InChI=1S/C32H29F2N5O5S/c1-32(2,3)44-31(40)37-23-7-5-6-19(13-23)24-14-20-12-18(8-10-26(20)38-29(24)35)21-15-27(30(43-4)36-17-21)39-45(41,42)28-11-9-22(33)16-25(28)34/h5-17,39H,1-4H3,(H2,35,38)(H,37,40). The van der Waals surface area contributed by atoms with E-state index >= 15 is 0 Å². The maximum Gasteiger partial charge on any atom is 0.412 e. The Hall–Kier alpha value is -5.30. The Balaban J connectivity index is 1.48. The summed E-state index contributed by atoms with van der Waals surface area (Å²) in [4.78, 5) is 20.3. The fraction of sp³-hybridized carbons (Fsp3) is 0.156. The summed E-state index contributed by atoms with van der Waals surface area (Å²) in [6.45, 7) is 5.32. The lowest BCUT2D eigenvalue weighted by molar-refractivity contribution is 0.0636. The Morgan fingerprint density at radius 1 is 0.933 bits per heavy atom. The minimum atomic E-state index is -4.46. The Labute approximate surface area is 258 Å². The number of nitrogens with one attached hydrogen (secondary N) is 2. The predicted octanol–water partition coefficient (Wildman–Crippen LogP) is 6.98. The number of fused-ring (bicyclic) bond motifs is 1. The van der Waals surface area contributed by atoms with Crippen LogP contribution in [0.15, 0.2) is 83.9 Å². The number of amides is 1. The van der Waals surface area contributed by atoms with Gasteiger partial charge in [0, 0.05) is 34.5 Å². The smallest absolute Gasteiger partial charge is 0.412 e. The van der Waals surface area contributed by atoms with Gasteiger partial charge in [0.2, 0.25) is 5.88 Å². The molecule has 0 atom stereocenters. The van der Waals surface area contributed by atoms with Crippen LogP contribution in [-0.4, -0.2) is 37.2 Å². The van der Waals surface area contributed by atoms with Gasteiger partial charge in [-0.15, -0.1) is 0 Å². The molecule has 10 nitrogen and oxygen atoms in total. The molecule has 0 unspecified atom stereocenters. The number of anilines is 3. The van der Waals surface area contributed by atoms with Gasteiger partial charge in [0.25, 0.3) is 10.0 Å². The van der Waals surface area contributed by atoms with Gasteiger partial charge in [-0.3, -0.25) is 10.0 Å². The molecule has 0 aliphatic heterocycles. The number of benzene rings is 3. The molecule has 13 heteroatoms. The van der Waals surface area contributed by atoms with Crippen molar-refractivity contribution in [3.05, 3.63) is 90.6 Å². The normalized spacial score (nSPS) is 11.7. The highest BCUT2D eigenvalue weighted by molar-refractivity contribution is 7.92. The minimum absolute atomic E-state index is 0.0516. The molecule has 2 heterocycles. The number of hydrogen-bond acceptors (Lipinski definition) is 8. The van der Waals surface area contributed by atoms with Crippen molar-refractivity contribution in [2.75, 3.05) is 22.9 Å². The molecule has 45 heavy (non-hydrogen) atoms. The van der Waals surface area contributed by atoms with Crippen molar-refractivity contribution < 1.29 is 31.5 Å². The van der Waals surface area contributed by atoms with Gasteiger partial charge in [0.15, 0.2) is 0 Å². The number of nitrogens with two attached hydrogens (primary N) is 1. The number of halogens is 2. The molecule has 0 bridgehead atoms. The molecule has 5 rings (SSSR count). The highest BCUT2D eigenvalue weighted by atomic mass is 32.2. The average molecular weight is 634 g/mol. The number of methoxy groups -OCH3 is 1. The summed E-state index contributed by atoms with van der Waals surface area (Å²) in [6, 6.07) is 17.9. The SMILES string of the molecule is COc1ncc(-c2ccc3nc(N)c(-c4cccc(NC(=O)OC(C)(C)C)c4)cc3c2)cc1NS(=O)(=O)c1ccc(F)cc1F. The summed E-state index contributed by atoms with van der Waals surface area (Å²) in [5.41, 5.74) is 9.22. The van der Waals surface area contributed by atoms with E-state index in [1.807, 2.05) is 18.2 Å². The first-order valence-corrected chi connectivity index (χ1v) is 15.0. The minimum Gasteiger partial charge on any atom is -0.480 e. The molecular weight excluding hydrogens is 604 g/mol. The summed E-state index contributed by atoms with van der Waals surface area (Å²) >= 11 is 0. The van der Waals surface area contributed by atoms with Crippen molar-refractivity contribution in [3.8, 4) is 28.1 Å². The first kappa shape index (κ1) is 31.1. The molecule has 0 fully saturated rings. The summed E-state index contributed by atoms with van der Waals surface area (Å²) in [5, 5.41) is 3.43. The van der Waals surface area contributed by atoms with E-state index in [1.165, 1.54) is 19.4 Å². The zero-order valence-electron chi connectivity index (χ0n) is 24.7. The number of ether oxygens (including phenoxy) is 2. The maximum atomic E-state index is 14.3. The van der Waals surface area contributed by atoms with Crippen LogP contribution in [0.3, 0.4) is 0 Å².